The number of thiazole rings is 1. The molecule has 2 rings (SSSR count). The Morgan fingerprint density at radius 1 is 1.39 bits per heavy atom. The van der Waals surface area contributed by atoms with E-state index in [0.717, 1.165) is 10.2 Å². The average Bonchev–Trinajstić information content (AvgIpc) is 2.80. The summed E-state index contributed by atoms with van der Waals surface area (Å²) in [6.45, 7) is 1.46. The topological polar surface area (TPSA) is 50.3 Å². The lowest BCUT2D eigenvalue weighted by molar-refractivity contribution is -0.115. The number of aldehydes is 1. The molecule has 92 valence electrons. The van der Waals surface area contributed by atoms with Crippen LogP contribution in [0.15, 0.2) is 34.1 Å². The summed E-state index contributed by atoms with van der Waals surface area (Å²) < 4.78 is 0.933. The molecule has 0 aliphatic heterocycles. The van der Waals surface area contributed by atoms with Crippen LogP contribution in [-0.2, 0) is 4.79 Å². The molecule has 0 fully saturated rings. The summed E-state index contributed by atoms with van der Waals surface area (Å²) in [4.78, 5) is 27.9. The summed E-state index contributed by atoms with van der Waals surface area (Å²) in [5.74, 6) is -0.149. The van der Waals surface area contributed by atoms with Gasteiger partial charge in [-0.05, 0) is 24.3 Å². The average molecular weight is 325 g/mol. The molecular formula is C12H9BrN2O2S. The summed E-state index contributed by atoms with van der Waals surface area (Å²) in [6.07, 6.45) is 0.667. The van der Waals surface area contributed by atoms with E-state index in [1.54, 1.807) is 5.38 Å². The molecule has 1 amide bonds. The lowest BCUT2D eigenvalue weighted by Crippen LogP contribution is -2.22. The van der Waals surface area contributed by atoms with Gasteiger partial charge in [-0.2, -0.15) is 0 Å². The van der Waals surface area contributed by atoms with Crippen molar-refractivity contribution in [1.82, 2.24) is 4.98 Å². The second kappa shape index (κ2) is 5.41. The lowest BCUT2D eigenvalue weighted by Gasteiger charge is -2.17. The van der Waals surface area contributed by atoms with Crippen LogP contribution in [0.2, 0.25) is 0 Å². The number of hydrogen-bond acceptors (Lipinski definition) is 4. The van der Waals surface area contributed by atoms with Crippen molar-refractivity contribution in [1.29, 1.82) is 0 Å². The molecule has 0 spiro atoms. The molecule has 0 bridgehead atoms. The molecule has 0 saturated heterocycles. The molecule has 6 heteroatoms. The third-order valence-corrected chi connectivity index (χ3v) is 3.59. The van der Waals surface area contributed by atoms with Gasteiger partial charge < -0.3 is 0 Å². The summed E-state index contributed by atoms with van der Waals surface area (Å²) in [7, 11) is 0. The lowest BCUT2D eigenvalue weighted by atomic mass is 10.3. The number of anilines is 2. The molecule has 1 aromatic heterocycles. The van der Waals surface area contributed by atoms with E-state index in [1.807, 2.05) is 24.3 Å². The number of amides is 1. The van der Waals surface area contributed by atoms with Crippen molar-refractivity contribution in [2.45, 2.75) is 6.92 Å². The van der Waals surface area contributed by atoms with Crippen LogP contribution in [0.5, 0.6) is 0 Å². The van der Waals surface area contributed by atoms with Crippen LogP contribution in [0.1, 0.15) is 17.4 Å². The minimum atomic E-state index is -0.149. The van der Waals surface area contributed by atoms with E-state index in [1.165, 1.54) is 23.2 Å². The van der Waals surface area contributed by atoms with Gasteiger partial charge in [-0.3, -0.25) is 14.5 Å². The Labute approximate surface area is 116 Å². The second-order valence-corrected chi connectivity index (χ2v) is 5.26. The molecule has 1 aromatic carbocycles. The van der Waals surface area contributed by atoms with Crippen molar-refractivity contribution in [2.75, 3.05) is 4.90 Å². The summed E-state index contributed by atoms with van der Waals surface area (Å²) in [5, 5.41) is 2.11. The Morgan fingerprint density at radius 2 is 2.06 bits per heavy atom. The highest BCUT2D eigenvalue weighted by atomic mass is 79.9. The summed E-state index contributed by atoms with van der Waals surface area (Å²) in [5.41, 5.74) is 1.05. The van der Waals surface area contributed by atoms with Gasteiger partial charge in [0.05, 0.1) is 5.69 Å². The smallest absolute Gasteiger partial charge is 0.230 e. The zero-order chi connectivity index (χ0) is 13.1. The predicted octanol–water partition coefficient (Wildman–Crippen LogP) is 3.40. The molecule has 0 aliphatic carbocycles. The number of benzene rings is 1. The number of hydrogen-bond donors (Lipinski definition) is 0. The maximum atomic E-state index is 11.7. The molecule has 0 unspecified atom stereocenters. The Morgan fingerprint density at radius 3 is 2.56 bits per heavy atom. The second-order valence-electron chi connectivity index (χ2n) is 3.50. The highest BCUT2D eigenvalue weighted by molar-refractivity contribution is 9.10. The van der Waals surface area contributed by atoms with E-state index in [0.29, 0.717) is 17.1 Å². The first-order valence-corrected chi connectivity index (χ1v) is 6.76. The van der Waals surface area contributed by atoms with Gasteiger partial charge in [0.1, 0.15) is 5.69 Å². The minimum absolute atomic E-state index is 0.149. The monoisotopic (exact) mass is 324 g/mol. The Hall–Kier alpha value is -1.53. The van der Waals surface area contributed by atoms with Gasteiger partial charge in [-0.25, -0.2) is 4.98 Å². The molecule has 4 nitrogen and oxygen atoms in total. The Kier molecular flexibility index (Phi) is 3.88. The van der Waals surface area contributed by atoms with Gasteiger partial charge in [0.2, 0.25) is 5.91 Å². The summed E-state index contributed by atoms with van der Waals surface area (Å²) in [6, 6.07) is 7.32. The first kappa shape index (κ1) is 12.9. The normalized spacial score (nSPS) is 10.1. The van der Waals surface area contributed by atoms with Crippen molar-refractivity contribution in [2.24, 2.45) is 0 Å². The Bertz CT molecular complexity index is 580. The van der Waals surface area contributed by atoms with Gasteiger partial charge in [0.25, 0.3) is 0 Å². The number of halogens is 1. The molecular weight excluding hydrogens is 316 g/mol. The van der Waals surface area contributed by atoms with E-state index < -0.39 is 0 Å². The number of aromatic nitrogens is 1. The quantitative estimate of drug-likeness (QED) is 0.813. The van der Waals surface area contributed by atoms with Crippen LogP contribution in [0.4, 0.5) is 10.8 Å². The maximum absolute atomic E-state index is 11.7. The summed E-state index contributed by atoms with van der Waals surface area (Å²) >= 11 is 4.60. The predicted molar refractivity (Wildman–Crippen MR) is 74.5 cm³/mol. The van der Waals surface area contributed by atoms with E-state index >= 15 is 0 Å². The standard InChI is InChI=1S/C12H9BrN2O2S/c1-8(17)15(11-4-2-9(13)3-5-11)12-14-10(6-16)7-18-12/h2-7H,1H3. The van der Waals surface area contributed by atoms with E-state index in [-0.39, 0.29) is 5.91 Å². The molecule has 1 heterocycles. The van der Waals surface area contributed by atoms with Gasteiger partial charge in [-0.15, -0.1) is 11.3 Å². The fourth-order valence-corrected chi connectivity index (χ4v) is 2.55. The zero-order valence-electron chi connectivity index (χ0n) is 9.46. The van der Waals surface area contributed by atoms with Crippen molar-refractivity contribution in [3.8, 4) is 0 Å². The van der Waals surface area contributed by atoms with Crippen molar-refractivity contribution in [3.63, 3.8) is 0 Å². The van der Waals surface area contributed by atoms with Crippen molar-refractivity contribution in [3.05, 3.63) is 39.8 Å². The molecule has 0 aliphatic rings. The van der Waals surface area contributed by atoms with Crippen molar-refractivity contribution >= 4 is 50.3 Å². The van der Waals surface area contributed by atoms with Crippen LogP contribution in [-0.4, -0.2) is 17.2 Å². The van der Waals surface area contributed by atoms with Crippen LogP contribution >= 0.6 is 27.3 Å². The van der Waals surface area contributed by atoms with Gasteiger partial charge in [-0.1, -0.05) is 15.9 Å². The number of carbonyl (C=O) groups is 2. The third-order valence-electron chi connectivity index (χ3n) is 2.22. The molecule has 0 saturated carbocycles. The molecule has 0 radical (unpaired) electrons. The van der Waals surface area contributed by atoms with Crippen LogP contribution in [0, 0.1) is 0 Å². The molecule has 2 aromatic rings. The van der Waals surface area contributed by atoms with E-state index in [4.69, 9.17) is 0 Å². The fourth-order valence-electron chi connectivity index (χ4n) is 1.45. The highest BCUT2D eigenvalue weighted by Crippen LogP contribution is 2.29. The van der Waals surface area contributed by atoms with Crippen LogP contribution in [0.25, 0.3) is 0 Å². The first-order chi connectivity index (χ1) is 8.61. The Balaban J connectivity index is 2.42. The SMILES string of the molecule is CC(=O)N(c1ccc(Br)cc1)c1nc(C=O)cs1. The third kappa shape index (κ3) is 2.65. The first-order valence-electron chi connectivity index (χ1n) is 5.09. The molecule has 0 N–H and O–H groups in total. The largest absolute Gasteiger partial charge is 0.296 e. The maximum Gasteiger partial charge on any atom is 0.230 e. The van der Waals surface area contributed by atoms with Gasteiger partial charge in [0.15, 0.2) is 11.4 Å². The highest BCUT2D eigenvalue weighted by Gasteiger charge is 2.17. The minimum Gasteiger partial charge on any atom is -0.296 e. The molecule has 0 atom stereocenters. The van der Waals surface area contributed by atoms with E-state index in [9.17, 15) is 9.59 Å². The number of rotatable bonds is 3. The fraction of sp³-hybridized carbons (Fsp3) is 0.0833. The van der Waals surface area contributed by atoms with Crippen LogP contribution < -0.4 is 4.90 Å². The van der Waals surface area contributed by atoms with Crippen molar-refractivity contribution < 1.29 is 9.59 Å². The van der Waals surface area contributed by atoms with Crippen LogP contribution in [0.3, 0.4) is 0 Å². The zero-order valence-corrected chi connectivity index (χ0v) is 11.9. The molecule has 18 heavy (non-hydrogen) atoms. The van der Waals surface area contributed by atoms with Gasteiger partial charge in [0, 0.05) is 16.8 Å². The number of carbonyl (C=O) groups excluding carboxylic acids is 2. The van der Waals surface area contributed by atoms with E-state index in [2.05, 4.69) is 20.9 Å². The van der Waals surface area contributed by atoms with Gasteiger partial charge >= 0.3 is 0 Å². The number of nitrogens with zero attached hydrogens (tertiary/aromatic N) is 2.